The minimum absolute atomic E-state index is 0.0912. The molecule has 1 rings (SSSR count). The second kappa shape index (κ2) is 6.20. The summed E-state index contributed by atoms with van der Waals surface area (Å²) in [6.07, 6.45) is -0.720. The third kappa shape index (κ3) is 3.85. The molecular weight excluding hydrogens is 264 g/mol. The van der Waals surface area contributed by atoms with Crippen LogP contribution in [0.15, 0.2) is 29.2 Å². The molecule has 1 aromatic rings. The summed E-state index contributed by atoms with van der Waals surface area (Å²) in [5.41, 5.74) is 0.436. The topological polar surface area (TPSA) is 78.4 Å². The smallest absolute Gasteiger partial charge is 0.242 e. The van der Waals surface area contributed by atoms with Crippen LogP contribution in [0.3, 0.4) is 0 Å². The molecule has 1 aromatic carbocycles. The third-order valence-electron chi connectivity index (χ3n) is 2.15. The van der Waals surface area contributed by atoms with Crippen LogP contribution in [-0.4, -0.2) is 39.1 Å². The van der Waals surface area contributed by atoms with E-state index in [4.69, 9.17) is 11.6 Å². The Balaban J connectivity index is 2.93. The minimum Gasteiger partial charge on any atom is -0.390 e. The molecule has 7 heteroatoms. The highest BCUT2D eigenvalue weighted by atomic mass is 35.5. The number of para-hydroxylation sites is 1. The van der Waals surface area contributed by atoms with Crippen molar-refractivity contribution in [2.75, 3.05) is 24.8 Å². The fourth-order valence-corrected chi connectivity index (χ4v) is 2.26. The van der Waals surface area contributed by atoms with Crippen LogP contribution in [0.2, 0.25) is 0 Å². The highest BCUT2D eigenvalue weighted by molar-refractivity contribution is 7.89. The van der Waals surface area contributed by atoms with Crippen LogP contribution in [0.5, 0.6) is 0 Å². The van der Waals surface area contributed by atoms with Crippen LogP contribution >= 0.6 is 11.6 Å². The average molecular weight is 279 g/mol. The lowest BCUT2D eigenvalue weighted by molar-refractivity contribution is 0.211. The van der Waals surface area contributed by atoms with Crippen molar-refractivity contribution in [1.29, 1.82) is 0 Å². The van der Waals surface area contributed by atoms with Gasteiger partial charge in [0.05, 0.1) is 17.7 Å². The first kappa shape index (κ1) is 14.2. The van der Waals surface area contributed by atoms with Gasteiger partial charge in [0, 0.05) is 6.54 Å². The van der Waals surface area contributed by atoms with E-state index in [0.717, 1.165) is 0 Å². The second-order valence-electron chi connectivity index (χ2n) is 3.39. The van der Waals surface area contributed by atoms with E-state index in [2.05, 4.69) is 10.0 Å². The number of anilines is 1. The number of sulfonamides is 1. The molecule has 0 aromatic heterocycles. The summed E-state index contributed by atoms with van der Waals surface area (Å²) in [7, 11) is -2.16. The van der Waals surface area contributed by atoms with Gasteiger partial charge in [-0.25, -0.2) is 13.1 Å². The minimum atomic E-state index is -3.51. The van der Waals surface area contributed by atoms with E-state index in [-0.39, 0.29) is 17.3 Å². The third-order valence-corrected chi connectivity index (χ3v) is 3.98. The maximum Gasteiger partial charge on any atom is 0.242 e. The lowest BCUT2D eigenvalue weighted by atomic mass is 10.3. The molecule has 1 atom stereocenters. The zero-order valence-corrected chi connectivity index (χ0v) is 10.9. The first-order chi connectivity index (χ1) is 8.01. The van der Waals surface area contributed by atoms with Gasteiger partial charge in [-0.1, -0.05) is 12.1 Å². The fourth-order valence-electron chi connectivity index (χ4n) is 1.24. The molecule has 0 spiro atoms. The van der Waals surface area contributed by atoms with Crippen LogP contribution in [-0.2, 0) is 10.0 Å². The molecule has 0 heterocycles. The number of aliphatic hydroxyl groups is 1. The monoisotopic (exact) mass is 278 g/mol. The molecule has 0 saturated heterocycles. The van der Waals surface area contributed by atoms with Crippen LogP contribution in [0.25, 0.3) is 0 Å². The highest BCUT2D eigenvalue weighted by Gasteiger charge is 2.16. The molecule has 0 amide bonds. The van der Waals surface area contributed by atoms with E-state index < -0.39 is 16.1 Å². The molecule has 3 N–H and O–H groups in total. The quantitative estimate of drug-likeness (QED) is 0.666. The van der Waals surface area contributed by atoms with Gasteiger partial charge in [0.1, 0.15) is 4.90 Å². The van der Waals surface area contributed by atoms with Crippen LogP contribution in [0.4, 0.5) is 5.69 Å². The lowest BCUT2D eigenvalue weighted by Gasteiger charge is -2.13. The van der Waals surface area contributed by atoms with Crippen molar-refractivity contribution in [2.45, 2.75) is 11.0 Å². The molecule has 0 aliphatic heterocycles. The van der Waals surface area contributed by atoms with E-state index in [1.807, 2.05) is 0 Å². The van der Waals surface area contributed by atoms with Crippen molar-refractivity contribution in [2.24, 2.45) is 0 Å². The Morgan fingerprint density at radius 3 is 2.65 bits per heavy atom. The number of rotatable bonds is 6. The van der Waals surface area contributed by atoms with Gasteiger partial charge in [-0.15, -0.1) is 11.6 Å². The maximum atomic E-state index is 11.7. The Hall–Kier alpha value is -0.820. The Kier molecular flexibility index (Phi) is 5.20. The van der Waals surface area contributed by atoms with E-state index >= 15 is 0 Å². The summed E-state index contributed by atoms with van der Waals surface area (Å²) in [5, 5.41) is 12.2. The molecule has 0 aliphatic rings. The molecule has 5 nitrogen and oxygen atoms in total. The summed E-state index contributed by atoms with van der Waals surface area (Å²) in [6.45, 7) is 0.194. The number of aliphatic hydroxyl groups excluding tert-OH is 1. The molecule has 17 heavy (non-hydrogen) atoms. The van der Waals surface area contributed by atoms with Crippen molar-refractivity contribution >= 4 is 27.3 Å². The normalized spacial score (nSPS) is 13.4. The Labute approximate surface area is 106 Å². The Morgan fingerprint density at radius 1 is 1.41 bits per heavy atom. The van der Waals surface area contributed by atoms with E-state index in [1.165, 1.54) is 13.1 Å². The summed E-state index contributed by atoms with van der Waals surface area (Å²) < 4.78 is 25.6. The molecule has 0 fully saturated rings. The molecule has 1 unspecified atom stereocenters. The first-order valence-electron chi connectivity index (χ1n) is 5.01. The Bertz CT molecular complexity index is 464. The van der Waals surface area contributed by atoms with Gasteiger partial charge in [0.2, 0.25) is 10.0 Å². The van der Waals surface area contributed by atoms with Gasteiger partial charge in [0.25, 0.3) is 0 Å². The standard InChI is InChI=1S/C10H15ClN2O3S/c1-12-17(15,16)10-5-3-2-4-9(10)13-7-8(14)6-11/h2-5,8,12-14H,6-7H2,1H3. The van der Waals surface area contributed by atoms with Gasteiger partial charge in [0.15, 0.2) is 0 Å². The molecule has 0 radical (unpaired) electrons. The van der Waals surface area contributed by atoms with Gasteiger partial charge in [-0.05, 0) is 19.2 Å². The largest absolute Gasteiger partial charge is 0.390 e. The summed E-state index contributed by atoms with van der Waals surface area (Å²) in [6, 6.07) is 6.46. The summed E-state index contributed by atoms with van der Waals surface area (Å²) in [4.78, 5) is 0.143. The SMILES string of the molecule is CNS(=O)(=O)c1ccccc1NCC(O)CCl. The average Bonchev–Trinajstić information content (AvgIpc) is 2.36. The first-order valence-corrected chi connectivity index (χ1v) is 7.03. The lowest BCUT2D eigenvalue weighted by Crippen LogP contribution is -2.24. The van der Waals surface area contributed by atoms with E-state index in [0.29, 0.717) is 5.69 Å². The number of halogens is 1. The van der Waals surface area contributed by atoms with Crippen molar-refractivity contribution < 1.29 is 13.5 Å². The van der Waals surface area contributed by atoms with Crippen molar-refractivity contribution in [3.8, 4) is 0 Å². The summed E-state index contributed by atoms with van der Waals surface area (Å²) in [5.74, 6) is 0.0912. The number of nitrogens with one attached hydrogen (secondary N) is 2. The van der Waals surface area contributed by atoms with Crippen molar-refractivity contribution in [1.82, 2.24) is 4.72 Å². The predicted molar refractivity (Wildman–Crippen MR) is 67.9 cm³/mol. The van der Waals surface area contributed by atoms with E-state index in [9.17, 15) is 13.5 Å². The van der Waals surface area contributed by atoms with Gasteiger partial charge in [-0.3, -0.25) is 0 Å². The van der Waals surface area contributed by atoms with Gasteiger partial charge in [-0.2, -0.15) is 0 Å². The zero-order chi connectivity index (χ0) is 12.9. The predicted octanol–water partition coefficient (Wildman–Crippen LogP) is 0.606. The van der Waals surface area contributed by atoms with Gasteiger partial charge >= 0.3 is 0 Å². The van der Waals surface area contributed by atoms with Crippen molar-refractivity contribution in [3.63, 3.8) is 0 Å². The molecule has 96 valence electrons. The summed E-state index contributed by atoms with van der Waals surface area (Å²) >= 11 is 5.45. The fraction of sp³-hybridized carbons (Fsp3) is 0.400. The zero-order valence-electron chi connectivity index (χ0n) is 9.35. The van der Waals surface area contributed by atoms with Crippen LogP contribution < -0.4 is 10.0 Å². The Morgan fingerprint density at radius 2 is 2.06 bits per heavy atom. The molecular formula is C10H15ClN2O3S. The number of hydrogen-bond donors (Lipinski definition) is 3. The number of benzene rings is 1. The van der Waals surface area contributed by atoms with Crippen LogP contribution in [0, 0.1) is 0 Å². The number of alkyl halides is 1. The maximum absolute atomic E-state index is 11.7. The molecule has 0 bridgehead atoms. The van der Waals surface area contributed by atoms with E-state index in [1.54, 1.807) is 18.2 Å². The highest BCUT2D eigenvalue weighted by Crippen LogP contribution is 2.20. The molecule has 0 saturated carbocycles. The molecule has 0 aliphatic carbocycles. The van der Waals surface area contributed by atoms with Crippen molar-refractivity contribution in [3.05, 3.63) is 24.3 Å². The number of hydrogen-bond acceptors (Lipinski definition) is 4. The van der Waals surface area contributed by atoms with Crippen LogP contribution in [0.1, 0.15) is 0 Å². The second-order valence-corrected chi connectivity index (χ2v) is 5.56. The van der Waals surface area contributed by atoms with Gasteiger partial charge < -0.3 is 10.4 Å².